The van der Waals surface area contributed by atoms with Gasteiger partial charge in [0.1, 0.15) is 11.4 Å². The maximum atomic E-state index is 13.5. The van der Waals surface area contributed by atoms with Crippen molar-refractivity contribution in [1.82, 2.24) is 9.80 Å². The molecule has 0 aromatic heterocycles. The van der Waals surface area contributed by atoms with Crippen LogP contribution in [-0.2, 0) is 9.59 Å². The summed E-state index contributed by atoms with van der Waals surface area (Å²) in [6, 6.07) is 14.2. The third-order valence-corrected chi connectivity index (χ3v) is 5.80. The first kappa shape index (κ1) is 21.4. The number of halogens is 1. The second-order valence-corrected chi connectivity index (χ2v) is 8.25. The number of anilines is 1. The van der Waals surface area contributed by atoms with Gasteiger partial charge in [0.15, 0.2) is 0 Å². The summed E-state index contributed by atoms with van der Waals surface area (Å²) in [5, 5.41) is 0.477. The largest absolute Gasteiger partial charge is 0.494 e. The number of benzene rings is 2. The highest BCUT2D eigenvalue weighted by Gasteiger charge is 2.43. The molecule has 2 aliphatic heterocycles. The number of rotatable bonds is 6. The Hall–Kier alpha value is -2.83. The maximum absolute atomic E-state index is 13.5. The molecule has 0 unspecified atom stereocenters. The van der Waals surface area contributed by atoms with Gasteiger partial charge in [0.25, 0.3) is 11.8 Å². The highest BCUT2D eigenvalue weighted by Crippen LogP contribution is 2.36. The van der Waals surface area contributed by atoms with Crippen LogP contribution in [0.3, 0.4) is 0 Å². The lowest BCUT2D eigenvalue weighted by Crippen LogP contribution is -2.46. The highest BCUT2D eigenvalue weighted by molar-refractivity contribution is 6.45. The molecule has 2 amide bonds. The molecule has 0 bridgehead atoms. The van der Waals surface area contributed by atoms with Gasteiger partial charge in [-0.3, -0.25) is 9.59 Å². The molecule has 2 heterocycles. The molecular formula is C24H26ClN3O3. The molecule has 1 saturated heterocycles. The minimum atomic E-state index is -0.330. The van der Waals surface area contributed by atoms with Gasteiger partial charge in [0.2, 0.25) is 0 Å². The SMILES string of the molecule is CCCOc1ccc(C2=C(N3CCN(C)CC3)C(=O)N(c3cccc(Cl)c3)C2=O)cc1. The molecule has 7 heteroatoms. The van der Waals surface area contributed by atoms with Crippen molar-refractivity contribution in [3.63, 3.8) is 0 Å². The first-order valence-corrected chi connectivity index (χ1v) is 10.9. The summed E-state index contributed by atoms with van der Waals surface area (Å²) in [4.78, 5) is 32.5. The fourth-order valence-electron chi connectivity index (χ4n) is 3.89. The van der Waals surface area contributed by atoms with E-state index in [4.69, 9.17) is 16.3 Å². The zero-order valence-electron chi connectivity index (χ0n) is 17.8. The summed E-state index contributed by atoms with van der Waals surface area (Å²) >= 11 is 6.14. The van der Waals surface area contributed by atoms with E-state index >= 15 is 0 Å². The number of likely N-dealkylation sites (N-methyl/N-ethyl adjacent to an activating group) is 1. The Morgan fingerprint density at radius 3 is 2.32 bits per heavy atom. The molecule has 1 fully saturated rings. The van der Waals surface area contributed by atoms with Gasteiger partial charge < -0.3 is 14.5 Å². The Morgan fingerprint density at radius 1 is 0.968 bits per heavy atom. The minimum absolute atomic E-state index is 0.307. The number of ether oxygens (including phenoxy) is 1. The Morgan fingerprint density at radius 2 is 1.68 bits per heavy atom. The van der Waals surface area contributed by atoms with Crippen molar-refractivity contribution in [2.75, 3.05) is 44.7 Å². The van der Waals surface area contributed by atoms with Gasteiger partial charge >= 0.3 is 0 Å². The summed E-state index contributed by atoms with van der Waals surface area (Å²) in [6.45, 7) is 5.73. The van der Waals surface area contributed by atoms with Gasteiger partial charge in [0, 0.05) is 31.2 Å². The second kappa shape index (κ2) is 9.12. The van der Waals surface area contributed by atoms with Crippen LogP contribution in [0.1, 0.15) is 18.9 Å². The standard InChI is InChI=1S/C24H26ClN3O3/c1-3-15-31-20-9-7-17(8-10-20)21-22(27-13-11-26(2)12-14-27)24(30)28(23(21)29)19-6-4-5-18(25)16-19/h4-10,16H,3,11-15H2,1-2H3. The zero-order chi connectivity index (χ0) is 22.0. The number of amides is 2. The van der Waals surface area contributed by atoms with Crippen LogP contribution < -0.4 is 9.64 Å². The number of carbonyl (C=O) groups is 2. The van der Waals surface area contributed by atoms with Crippen LogP contribution in [0.15, 0.2) is 54.2 Å². The molecule has 4 rings (SSSR count). The van der Waals surface area contributed by atoms with Gasteiger partial charge in [-0.2, -0.15) is 0 Å². The number of piperazine rings is 1. The molecule has 2 aromatic carbocycles. The van der Waals surface area contributed by atoms with Gasteiger partial charge in [-0.05, 0) is 49.4 Å². The Balaban J connectivity index is 1.74. The molecule has 6 nitrogen and oxygen atoms in total. The fourth-order valence-corrected chi connectivity index (χ4v) is 4.07. The maximum Gasteiger partial charge on any atom is 0.282 e. The normalized spacial score (nSPS) is 17.6. The summed E-state index contributed by atoms with van der Waals surface area (Å²) in [5.41, 5.74) is 2.07. The van der Waals surface area contributed by atoms with Crippen molar-refractivity contribution in [3.05, 3.63) is 64.8 Å². The van der Waals surface area contributed by atoms with E-state index in [-0.39, 0.29) is 11.8 Å². The molecule has 162 valence electrons. The number of nitrogens with zero attached hydrogens (tertiary/aromatic N) is 3. The molecule has 2 aromatic rings. The molecule has 2 aliphatic rings. The van der Waals surface area contributed by atoms with Crippen molar-refractivity contribution in [2.24, 2.45) is 0 Å². The molecule has 31 heavy (non-hydrogen) atoms. The van der Waals surface area contributed by atoms with Gasteiger partial charge in [0.05, 0.1) is 17.9 Å². The van der Waals surface area contributed by atoms with Crippen LogP contribution >= 0.6 is 11.6 Å². The van der Waals surface area contributed by atoms with E-state index in [0.29, 0.717) is 47.2 Å². The van der Waals surface area contributed by atoms with Gasteiger partial charge in [-0.1, -0.05) is 36.7 Å². The molecule has 0 saturated carbocycles. The van der Waals surface area contributed by atoms with Crippen LogP contribution in [0.2, 0.25) is 5.02 Å². The lowest BCUT2D eigenvalue weighted by molar-refractivity contribution is -0.120. The smallest absolute Gasteiger partial charge is 0.282 e. The third kappa shape index (κ3) is 4.31. The monoisotopic (exact) mass is 439 g/mol. The summed E-state index contributed by atoms with van der Waals surface area (Å²) in [6.07, 6.45) is 0.919. The summed E-state index contributed by atoms with van der Waals surface area (Å²) in [7, 11) is 2.06. The number of imide groups is 1. The van der Waals surface area contributed by atoms with E-state index in [9.17, 15) is 9.59 Å². The van der Waals surface area contributed by atoms with Crippen molar-refractivity contribution < 1.29 is 14.3 Å². The van der Waals surface area contributed by atoms with Crippen molar-refractivity contribution in [3.8, 4) is 5.75 Å². The van der Waals surface area contributed by atoms with Gasteiger partial charge in [-0.15, -0.1) is 0 Å². The zero-order valence-corrected chi connectivity index (χ0v) is 18.6. The van der Waals surface area contributed by atoms with E-state index in [0.717, 1.165) is 25.3 Å². The van der Waals surface area contributed by atoms with E-state index < -0.39 is 0 Å². The predicted molar refractivity (Wildman–Crippen MR) is 122 cm³/mol. The van der Waals surface area contributed by atoms with Crippen LogP contribution in [-0.4, -0.2) is 61.4 Å². The fraction of sp³-hybridized carbons (Fsp3) is 0.333. The quantitative estimate of drug-likeness (QED) is 0.643. The molecule has 0 aliphatic carbocycles. The van der Waals surface area contributed by atoms with E-state index in [1.807, 2.05) is 29.2 Å². The van der Waals surface area contributed by atoms with Gasteiger partial charge in [-0.25, -0.2) is 4.90 Å². The first-order valence-electron chi connectivity index (χ1n) is 10.5. The number of hydrogen-bond donors (Lipinski definition) is 0. The van der Waals surface area contributed by atoms with E-state index in [1.165, 1.54) is 4.90 Å². The van der Waals surface area contributed by atoms with Crippen molar-refractivity contribution >= 4 is 34.7 Å². The van der Waals surface area contributed by atoms with Crippen LogP contribution in [0, 0.1) is 0 Å². The predicted octanol–water partition coefficient (Wildman–Crippen LogP) is 3.66. The number of carbonyl (C=O) groups excluding carboxylic acids is 2. The van der Waals surface area contributed by atoms with Crippen LogP contribution in [0.25, 0.3) is 5.57 Å². The molecule has 0 spiro atoms. The Bertz CT molecular complexity index is 1010. The van der Waals surface area contributed by atoms with Crippen molar-refractivity contribution in [1.29, 1.82) is 0 Å². The molecule has 0 radical (unpaired) electrons. The lowest BCUT2D eigenvalue weighted by Gasteiger charge is -2.34. The number of hydrogen-bond acceptors (Lipinski definition) is 5. The highest BCUT2D eigenvalue weighted by atomic mass is 35.5. The van der Waals surface area contributed by atoms with E-state index in [1.54, 1.807) is 24.3 Å². The summed E-state index contributed by atoms with van der Waals surface area (Å²) < 4.78 is 5.67. The summed E-state index contributed by atoms with van der Waals surface area (Å²) in [5.74, 6) is 0.109. The Kier molecular flexibility index (Phi) is 6.30. The van der Waals surface area contributed by atoms with Crippen molar-refractivity contribution in [2.45, 2.75) is 13.3 Å². The van der Waals surface area contributed by atoms with E-state index in [2.05, 4.69) is 18.9 Å². The first-order chi connectivity index (χ1) is 15.0. The average Bonchev–Trinajstić information content (AvgIpc) is 3.03. The van der Waals surface area contributed by atoms with Crippen LogP contribution in [0.5, 0.6) is 5.75 Å². The second-order valence-electron chi connectivity index (χ2n) is 7.81. The average molecular weight is 440 g/mol. The molecule has 0 atom stereocenters. The topological polar surface area (TPSA) is 53.1 Å². The molecular weight excluding hydrogens is 414 g/mol. The third-order valence-electron chi connectivity index (χ3n) is 5.56. The minimum Gasteiger partial charge on any atom is -0.494 e. The van der Waals surface area contributed by atoms with Crippen LogP contribution in [0.4, 0.5) is 5.69 Å². The Labute approximate surface area is 187 Å². The lowest BCUT2D eigenvalue weighted by atomic mass is 10.0. The molecule has 0 N–H and O–H groups in total.